The van der Waals surface area contributed by atoms with Gasteiger partial charge in [0, 0.05) is 36.9 Å². The highest BCUT2D eigenvalue weighted by molar-refractivity contribution is 5.95. The molecule has 2 saturated heterocycles. The Labute approximate surface area is 130 Å². The molecule has 0 spiro atoms. The third-order valence-electron chi connectivity index (χ3n) is 4.12. The number of benzene rings is 1. The Morgan fingerprint density at radius 2 is 2.23 bits per heavy atom. The first kappa shape index (κ1) is 14.8. The number of nitrogens with one attached hydrogen (secondary N) is 3. The second-order valence-corrected chi connectivity index (χ2v) is 5.83. The molecular formula is C16H22N4O2. The van der Waals surface area contributed by atoms with Crippen LogP contribution in [-0.2, 0) is 4.79 Å². The molecule has 0 aromatic heterocycles. The Kier molecular flexibility index (Phi) is 4.58. The Balaban J connectivity index is 1.63. The molecule has 2 aliphatic rings. The van der Waals surface area contributed by atoms with Crippen LogP contribution in [0.4, 0.5) is 16.2 Å². The number of carbonyl (C=O) groups excluding carboxylic acids is 2. The van der Waals surface area contributed by atoms with Crippen LogP contribution in [0.3, 0.4) is 0 Å². The summed E-state index contributed by atoms with van der Waals surface area (Å²) in [6.45, 7) is 2.42. The third kappa shape index (κ3) is 3.57. The minimum Gasteiger partial charge on any atom is -0.338 e. The van der Waals surface area contributed by atoms with Crippen molar-refractivity contribution in [2.75, 3.05) is 29.9 Å². The summed E-state index contributed by atoms with van der Waals surface area (Å²) in [7, 11) is 0. The molecule has 3 N–H and O–H groups in total. The summed E-state index contributed by atoms with van der Waals surface area (Å²) in [6.07, 6.45) is 3.61. The first-order valence-electron chi connectivity index (χ1n) is 7.91. The summed E-state index contributed by atoms with van der Waals surface area (Å²) in [5.74, 6) is 0.0136. The molecule has 22 heavy (non-hydrogen) atoms. The molecule has 0 aliphatic carbocycles. The third-order valence-corrected chi connectivity index (χ3v) is 4.12. The first-order chi connectivity index (χ1) is 10.7. The minimum atomic E-state index is -0.0788. The molecule has 0 saturated carbocycles. The predicted molar refractivity (Wildman–Crippen MR) is 86.1 cm³/mol. The molecule has 1 aromatic rings. The molecule has 2 fully saturated rings. The maximum absolute atomic E-state index is 12.1. The van der Waals surface area contributed by atoms with Crippen molar-refractivity contribution in [1.29, 1.82) is 0 Å². The van der Waals surface area contributed by atoms with Crippen LogP contribution in [0.25, 0.3) is 0 Å². The molecule has 1 unspecified atom stereocenters. The Morgan fingerprint density at radius 3 is 3.00 bits per heavy atom. The van der Waals surface area contributed by atoms with Crippen LogP contribution in [0.2, 0.25) is 0 Å². The van der Waals surface area contributed by atoms with E-state index < -0.39 is 0 Å². The molecule has 0 radical (unpaired) electrons. The average Bonchev–Trinajstić information content (AvgIpc) is 3.00. The van der Waals surface area contributed by atoms with Crippen LogP contribution >= 0.6 is 0 Å². The second-order valence-electron chi connectivity index (χ2n) is 5.83. The lowest BCUT2D eigenvalue weighted by Crippen LogP contribution is -2.46. The first-order valence-corrected chi connectivity index (χ1v) is 7.91. The lowest BCUT2D eigenvalue weighted by Gasteiger charge is -2.27. The molecule has 118 valence electrons. The van der Waals surface area contributed by atoms with Gasteiger partial charge in [0.1, 0.15) is 0 Å². The molecule has 0 bridgehead atoms. The molecule has 1 atom stereocenters. The predicted octanol–water partition coefficient (Wildman–Crippen LogP) is 1.69. The van der Waals surface area contributed by atoms with Crippen molar-refractivity contribution in [3.63, 3.8) is 0 Å². The van der Waals surface area contributed by atoms with Crippen molar-refractivity contribution in [3.8, 4) is 0 Å². The fraction of sp³-hybridized carbons (Fsp3) is 0.500. The van der Waals surface area contributed by atoms with E-state index >= 15 is 0 Å². The van der Waals surface area contributed by atoms with Gasteiger partial charge in [-0.2, -0.15) is 0 Å². The van der Waals surface area contributed by atoms with E-state index in [-0.39, 0.29) is 18.0 Å². The molecule has 6 heteroatoms. The average molecular weight is 302 g/mol. The largest absolute Gasteiger partial charge is 0.338 e. The van der Waals surface area contributed by atoms with Gasteiger partial charge in [-0.05, 0) is 44.0 Å². The van der Waals surface area contributed by atoms with Crippen molar-refractivity contribution in [2.45, 2.75) is 31.7 Å². The van der Waals surface area contributed by atoms with Crippen LogP contribution in [0.5, 0.6) is 0 Å². The topological polar surface area (TPSA) is 73.5 Å². The zero-order valence-corrected chi connectivity index (χ0v) is 12.6. The van der Waals surface area contributed by atoms with E-state index in [9.17, 15) is 9.59 Å². The van der Waals surface area contributed by atoms with Crippen molar-refractivity contribution in [3.05, 3.63) is 24.3 Å². The zero-order chi connectivity index (χ0) is 15.4. The van der Waals surface area contributed by atoms with Gasteiger partial charge in [0.05, 0.1) is 0 Å². The highest BCUT2D eigenvalue weighted by atomic mass is 16.2. The monoisotopic (exact) mass is 302 g/mol. The van der Waals surface area contributed by atoms with E-state index in [1.54, 1.807) is 4.90 Å². The molecule has 1 aromatic carbocycles. The van der Waals surface area contributed by atoms with Crippen LogP contribution < -0.4 is 20.9 Å². The number of urea groups is 1. The number of hydrogen-bond donors (Lipinski definition) is 3. The number of nitrogens with zero attached hydrogens (tertiary/aromatic N) is 1. The Bertz CT molecular complexity index is 555. The van der Waals surface area contributed by atoms with E-state index in [1.165, 1.54) is 0 Å². The maximum Gasteiger partial charge on any atom is 0.321 e. The van der Waals surface area contributed by atoms with Gasteiger partial charge in [-0.1, -0.05) is 6.07 Å². The van der Waals surface area contributed by atoms with Gasteiger partial charge in [-0.15, -0.1) is 0 Å². The smallest absolute Gasteiger partial charge is 0.321 e. The molecule has 2 aliphatic heterocycles. The van der Waals surface area contributed by atoms with Gasteiger partial charge in [-0.25, -0.2) is 4.79 Å². The minimum absolute atomic E-state index is 0.0136. The highest BCUT2D eigenvalue weighted by Gasteiger charge is 2.20. The summed E-state index contributed by atoms with van der Waals surface area (Å²) in [5.41, 5.74) is 1.55. The van der Waals surface area contributed by atoms with Crippen LogP contribution in [0.15, 0.2) is 24.3 Å². The van der Waals surface area contributed by atoms with Crippen molar-refractivity contribution < 1.29 is 9.59 Å². The number of hydrogen-bond acceptors (Lipinski definition) is 3. The zero-order valence-electron chi connectivity index (χ0n) is 12.6. The molecule has 2 heterocycles. The van der Waals surface area contributed by atoms with Gasteiger partial charge in [-0.3, -0.25) is 9.69 Å². The van der Waals surface area contributed by atoms with E-state index in [2.05, 4.69) is 16.0 Å². The standard InChI is InChI=1S/C16H22N4O2/c21-15(11-12-5-2-7-17-12)19-13-4-1-6-14(10-13)20-9-3-8-18-16(20)22/h1,4,6,10,12,17H,2-3,5,7-9,11H2,(H,18,22)(H,19,21). The van der Waals surface area contributed by atoms with E-state index in [0.29, 0.717) is 13.0 Å². The van der Waals surface area contributed by atoms with Crippen molar-refractivity contribution in [2.24, 2.45) is 0 Å². The number of amides is 3. The summed E-state index contributed by atoms with van der Waals surface area (Å²) in [4.78, 5) is 25.7. The lowest BCUT2D eigenvalue weighted by molar-refractivity contribution is -0.116. The normalized spacial score (nSPS) is 21.5. The Hall–Kier alpha value is -2.08. The van der Waals surface area contributed by atoms with Crippen molar-refractivity contribution in [1.82, 2.24) is 10.6 Å². The van der Waals surface area contributed by atoms with Gasteiger partial charge in [0.15, 0.2) is 0 Å². The fourth-order valence-corrected chi connectivity index (χ4v) is 2.99. The quantitative estimate of drug-likeness (QED) is 0.792. The fourth-order valence-electron chi connectivity index (χ4n) is 2.99. The number of carbonyl (C=O) groups is 2. The van der Waals surface area contributed by atoms with Crippen LogP contribution in [0, 0.1) is 0 Å². The lowest BCUT2D eigenvalue weighted by atomic mass is 10.1. The van der Waals surface area contributed by atoms with E-state index in [4.69, 9.17) is 0 Å². The molecule has 3 amide bonds. The highest BCUT2D eigenvalue weighted by Crippen LogP contribution is 2.21. The number of rotatable bonds is 4. The summed E-state index contributed by atoms with van der Waals surface area (Å²) in [5, 5.41) is 9.08. The van der Waals surface area contributed by atoms with E-state index in [1.807, 2.05) is 24.3 Å². The molecule has 3 rings (SSSR count). The summed E-state index contributed by atoms with van der Waals surface area (Å²) in [6, 6.07) is 7.66. The molecule has 6 nitrogen and oxygen atoms in total. The second kappa shape index (κ2) is 6.79. The van der Waals surface area contributed by atoms with Crippen LogP contribution in [-0.4, -0.2) is 37.6 Å². The number of anilines is 2. The van der Waals surface area contributed by atoms with Gasteiger partial charge < -0.3 is 16.0 Å². The Morgan fingerprint density at radius 1 is 1.32 bits per heavy atom. The summed E-state index contributed by atoms with van der Waals surface area (Å²) < 4.78 is 0. The van der Waals surface area contributed by atoms with Crippen LogP contribution in [0.1, 0.15) is 25.7 Å². The van der Waals surface area contributed by atoms with Gasteiger partial charge in [0.25, 0.3) is 0 Å². The summed E-state index contributed by atoms with van der Waals surface area (Å²) >= 11 is 0. The van der Waals surface area contributed by atoms with E-state index in [0.717, 1.165) is 43.7 Å². The van der Waals surface area contributed by atoms with Gasteiger partial charge >= 0.3 is 6.03 Å². The van der Waals surface area contributed by atoms with Gasteiger partial charge in [0.2, 0.25) is 5.91 Å². The maximum atomic E-state index is 12.1. The van der Waals surface area contributed by atoms with Crippen molar-refractivity contribution >= 4 is 23.3 Å². The molecular weight excluding hydrogens is 280 g/mol. The SMILES string of the molecule is O=C(CC1CCCN1)Nc1cccc(N2CCCNC2=O)c1.